The number of rotatable bonds is 0. The van der Waals surface area contributed by atoms with Crippen LogP contribution in [0.2, 0.25) is 0 Å². The van der Waals surface area contributed by atoms with Crippen LogP contribution in [0, 0.1) is 14.1 Å². The fraction of sp³-hybridized carbons (Fsp3) is 0.438. The molecule has 0 saturated heterocycles. The van der Waals surface area contributed by atoms with Crippen LogP contribution in [0.1, 0.15) is 36.9 Å². The molecule has 4 rings (SSSR count). The molecular formula is C16H19N3-2. The van der Waals surface area contributed by atoms with E-state index in [4.69, 9.17) is 0 Å². The van der Waals surface area contributed by atoms with Crippen LogP contribution >= 0.6 is 0 Å². The van der Waals surface area contributed by atoms with Gasteiger partial charge in [-0.1, -0.05) is 29.5 Å². The fourth-order valence-electron chi connectivity index (χ4n) is 4.01. The molecule has 3 nitrogen and oxygen atoms in total. The highest BCUT2D eigenvalue weighted by Gasteiger charge is 2.37. The third-order valence-electron chi connectivity index (χ3n) is 5.14. The van der Waals surface area contributed by atoms with E-state index < -0.39 is 0 Å². The van der Waals surface area contributed by atoms with Gasteiger partial charge in [0.1, 0.15) is 0 Å². The van der Waals surface area contributed by atoms with Gasteiger partial charge in [-0.25, -0.2) is 0 Å². The Kier molecular flexibility index (Phi) is 2.25. The van der Waals surface area contributed by atoms with Gasteiger partial charge in [0.25, 0.3) is 0 Å². The maximum atomic E-state index is 4.32. The largest absolute Gasteiger partial charge is 0.482 e. The molecule has 0 atom stereocenters. The Morgan fingerprint density at radius 2 is 2.00 bits per heavy atom. The highest BCUT2D eigenvalue weighted by atomic mass is 15.2. The van der Waals surface area contributed by atoms with Gasteiger partial charge >= 0.3 is 0 Å². The monoisotopic (exact) mass is 253 g/mol. The third-order valence-corrected chi connectivity index (χ3v) is 5.14. The highest BCUT2D eigenvalue weighted by Crippen LogP contribution is 2.44. The smallest absolute Gasteiger partial charge is 0.0251 e. The van der Waals surface area contributed by atoms with Gasteiger partial charge in [-0.3, -0.25) is 12.0 Å². The molecule has 0 N–H and O–H groups in total. The molecule has 1 saturated carbocycles. The standard InChI is InChI=1S/C16H19N3/c1-18-11-15-13(9-16(18)6-3-4-7-16)12-5-8-17-10-14(12)19(15)2/h5,8,10H,1-4,6-7,9,11H2/q-2. The Morgan fingerprint density at radius 3 is 2.79 bits per heavy atom. The van der Waals surface area contributed by atoms with Crippen LogP contribution in [0.3, 0.4) is 0 Å². The molecule has 2 aliphatic rings. The Hall–Kier alpha value is -1.48. The first-order valence-electron chi connectivity index (χ1n) is 7.06. The number of aromatic nitrogens is 2. The second-order valence-corrected chi connectivity index (χ2v) is 6.05. The predicted octanol–water partition coefficient (Wildman–Crippen LogP) is 3.14. The summed E-state index contributed by atoms with van der Waals surface area (Å²) in [4.78, 5) is 6.55. The van der Waals surface area contributed by atoms with Crippen molar-refractivity contribution < 1.29 is 0 Å². The number of hydrogen-bond acceptors (Lipinski definition) is 2. The second-order valence-electron chi connectivity index (χ2n) is 6.05. The molecule has 2 aromatic heterocycles. The molecule has 1 fully saturated rings. The molecule has 0 amide bonds. The van der Waals surface area contributed by atoms with Crippen LogP contribution in [-0.4, -0.2) is 20.0 Å². The van der Waals surface area contributed by atoms with E-state index in [1.807, 2.05) is 12.4 Å². The first-order valence-corrected chi connectivity index (χ1v) is 7.06. The molecular weight excluding hydrogens is 234 g/mol. The van der Waals surface area contributed by atoms with Crippen molar-refractivity contribution in [2.45, 2.75) is 44.2 Å². The minimum atomic E-state index is 0.296. The Labute approximate surface area is 114 Å². The Bertz CT molecular complexity index is 635. The van der Waals surface area contributed by atoms with Gasteiger partial charge in [0, 0.05) is 6.20 Å². The Morgan fingerprint density at radius 1 is 1.21 bits per heavy atom. The van der Waals surface area contributed by atoms with E-state index >= 15 is 0 Å². The van der Waals surface area contributed by atoms with Crippen LogP contribution in [0.15, 0.2) is 18.5 Å². The molecule has 3 heteroatoms. The van der Waals surface area contributed by atoms with Gasteiger partial charge in [-0.15, -0.1) is 7.05 Å². The number of pyridine rings is 1. The first-order chi connectivity index (χ1) is 9.21. The molecule has 3 heterocycles. The van der Waals surface area contributed by atoms with Crippen LogP contribution in [-0.2, 0) is 13.0 Å². The van der Waals surface area contributed by atoms with Gasteiger partial charge in [0.2, 0.25) is 0 Å². The van der Waals surface area contributed by atoms with Crippen molar-refractivity contribution in [2.24, 2.45) is 0 Å². The summed E-state index contributed by atoms with van der Waals surface area (Å²) in [5.41, 5.74) is 4.24. The quantitative estimate of drug-likeness (QED) is 0.673. The molecule has 0 unspecified atom stereocenters. The summed E-state index contributed by atoms with van der Waals surface area (Å²) in [6.07, 6.45) is 10.2. The van der Waals surface area contributed by atoms with E-state index in [2.05, 4.69) is 34.6 Å². The Balaban J connectivity index is 1.92. The molecule has 19 heavy (non-hydrogen) atoms. The van der Waals surface area contributed by atoms with Crippen molar-refractivity contribution in [3.8, 4) is 0 Å². The second kappa shape index (κ2) is 3.76. The molecule has 100 valence electrons. The van der Waals surface area contributed by atoms with Gasteiger partial charge < -0.3 is 9.47 Å². The minimum Gasteiger partial charge on any atom is -0.482 e. The lowest BCUT2D eigenvalue weighted by molar-refractivity contribution is 0.121. The normalized spacial score (nSPS) is 22.2. The topological polar surface area (TPSA) is 21.1 Å². The summed E-state index contributed by atoms with van der Waals surface area (Å²) < 4.78 is 2.05. The summed E-state index contributed by atoms with van der Waals surface area (Å²) in [5.74, 6) is 0. The molecule has 1 spiro atoms. The van der Waals surface area contributed by atoms with Gasteiger partial charge in [-0.05, 0) is 49.1 Å². The lowest BCUT2D eigenvalue weighted by Crippen LogP contribution is -2.47. The average Bonchev–Trinajstić information content (AvgIpc) is 2.99. The predicted molar refractivity (Wildman–Crippen MR) is 76.3 cm³/mol. The lowest BCUT2D eigenvalue weighted by atomic mass is 9.83. The maximum absolute atomic E-state index is 4.32. The maximum Gasteiger partial charge on any atom is 0.0251 e. The summed E-state index contributed by atoms with van der Waals surface area (Å²) in [6, 6.07) is 2.14. The summed E-state index contributed by atoms with van der Waals surface area (Å²) >= 11 is 0. The summed E-state index contributed by atoms with van der Waals surface area (Å²) in [6.45, 7) is 0.910. The van der Waals surface area contributed by atoms with E-state index in [1.165, 1.54) is 42.3 Å². The zero-order valence-electron chi connectivity index (χ0n) is 11.2. The van der Waals surface area contributed by atoms with Crippen LogP contribution < -0.4 is 0 Å². The SMILES string of the molecule is [CH2-]N1Cc2c(c3ccncc3n2[CH2-])CC12CCCC2. The van der Waals surface area contributed by atoms with E-state index in [-0.39, 0.29) is 0 Å². The van der Waals surface area contributed by atoms with Crippen molar-refractivity contribution in [1.82, 2.24) is 14.5 Å². The molecule has 0 radical (unpaired) electrons. The fourth-order valence-corrected chi connectivity index (χ4v) is 4.01. The average molecular weight is 253 g/mol. The molecule has 0 aromatic carbocycles. The van der Waals surface area contributed by atoms with Gasteiger partial charge in [0.05, 0.1) is 0 Å². The molecule has 0 bridgehead atoms. The zero-order chi connectivity index (χ0) is 13.0. The summed E-state index contributed by atoms with van der Waals surface area (Å²) in [7, 11) is 8.51. The first kappa shape index (κ1) is 11.4. The van der Waals surface area contributed by atoms with Crippen LogP contribution in [0.5, 0.6) is 0 Å². The number of hydrogen-bond donors (Lipinski definition) is 0. The van der Waals surface area contributed by atoms with Crippen molar-refractivity contribution in [3.05, 3.63) is 43.8 Å². The van der Waals surface area contributed by atoms with Crippen molar-refractivity contribution in [2.75, 3.05) is 0 Å². The van der Waals surface area contributed by atoms with E-state index in [1.54, 1.807) is 0 Å². The van der Waals surface area contributed by atoms with E-state index in [9.17, 15) is 0 Å². The van der Waals surface area contributed by atoms with Crippen molar-refractivity contribution >= 4 is 10.9 Å². The van der Waals surface area contributed by atoms with Crippen molar-refractivity contribution in [3.63, 3.8) is 0 Å². The van der Waals surface area contributed by atoms with Crippen molar-refractivity contribution in [1.29, 1.82) is 0 Å². The third kappa shape index (κ3) is 1.42. The number of fused-ring (bicyclic) bond motifs is 3. The highest BCUT2D eigenvalue weighted by molar-refractivity contribution is 5.85. The minimum absolute atomic E-state index is 0.296. The molecule has 2 aromatic rings. The zero-order valence-corrected chi connectivity index (χ0v) is 11.2. The van der Waals surface area contributed by atoms with E-state index in [0.717, 1.165) is 18.5 Å². The van der Waals surface area contributed by atoms with Crippen LogP contribution in [0.4, 0.5) is 0 Å². The molecule has 1 aliphatic heterocycles. The van der Waals surface area contributed by atoms with Gasteiger partial charge in [-0.2, -0.15) is 0 Å². The lowest BCUT2D eigenvalue weighted by Gasteiger charge is -2.51. The molecule has 1 aliphatic carbocycles. The van der Waals surface area contributed by atoms with E-state index in [0.29, 0.717) is 5.54 Å². The van der Waals surface area contributed by atoms with Crippen LogP contribution in [0.25, 0.3) is 10.9 Å². The van der Waals surface area contributed by atoms with Gasteiger partial charge in [0.15, 0.2) is 0 Å². The number of nitrogens with zero attached hydrogens (tertiary/aromatic N) is 3. The summed E-state index contributed by atoms with van der Waals surface area (Å²) in [5, 5.41) is 1.33.